The van der Waals surface area contributed by atoms with Gasteiger partial charge in [-0.2, -0.15) is 4.39 Å². The Bertz CT molecular complexity index is 710. The second-order valence-electron chi connectivity index (χ2n) is 4.05. The molecule has 0 aliphatic carbocycles. The molecule has 0 bridgehead atoms. The van der Waals surface area contributed by atoms with Gasteiger partial charge < -0.3 is 10.5 Å². The second-order valence-corrected chi connectivity index (χ2v) is 4.49. The molecular weight excluding hydrogens is 306 g/mol. The fourth-order valence-electron chi connectivity index (χ4n) is 1.65. The molecule has 0 amide bonds. The van der Waals surface area contributed by atoms with Gasteiger partial charge in [-0.25, -0.2) is 4.39 Å². The topological polar surface area (TPSA) is 78.4 Å². The van der Waals surface area contributed by atoms with Crippen LogP contribution in [0.4, 0.5) is 14.5 Å². The zero-order valence-electron chi connectivity index (χ0n) is 10.5. The van der Waals surface area contributed by atoms with E-state index in [0.717, 1.165) is 0 Å². The molecular formula is C13H9ClF2N2O3. The highest BCUT2D eigenvalue weighted by atomic mass is 35.5. The molecule has 2 rings (SSSR count). The molecule has 5 nitrogen and oxygen atoms in total. The lowest BCUT2D eigenvalue weighted by Gasteiger charge is -2.11. The van der Waals surface area contributed by atoms with Crippen molar-refractivity contribution in [1.82, 2.24) is 0 Å². The van der Waals surface area contributed by atoms with Crippen molar-refractivity contribution in [1.29, 1.82) is 0 Å². The van der Waals surface area contributed by atoms with Gasteiger partial charge in [0.05, 0.1) is 11.0 Å². The first-order valence-corrected chi connectivity index (χ1v) is 6.10. The van der Waals surface area contributed by atoms with E-state index in [1.165, 1.54) is 6.07 Å². The fraction of sp³-hybridized carbons (Fsp3) is 0.0769. The third-order valence-electron chi connectivity index (χ3n) is 2.67. The van der Waals surface area contributed by atoms with Gasteiger partial charge in [0.15, 0.2) is 11.6 Å². The molecule has 0 fully saturated rings. The van der Waals surface area contributed by atoms with Crippen LogP contribution in [0.1, 0.15) is 5.56 Å². The first kappa shape index (κ1) is 15.1. The highest BCUT2D eigenvalue weighted by molar-refractivity contribution is 6.30. The van der Waals surface area contributed by atoms with Gasteiger partial charge in [-0.3, -0.25) is 10.1 Å². The number of rotatable bonds is 4. The highest BCUT2D eigenvalue weighted by Gasteiger charge is 2.20. The van der Waals surface area contributed by atoms with Crippen molar-refractivity contribution in [2.24, 2.45) is 5.73 Å². The molecule has 110 valence electrons. The van der Waals surface area contributed by atoms with Gasteiger partial charge in [-0.15, -0.1) is 0 Å². The molecule has 2 N–H and O–H groups in total. The van der Waals surface area contributed by atoms with E-state index in [9.17, 15) is 18.9 Å². The summed E-state index contributed by atoms with van der Waals surface area (Å²) in [6, 6.07) is 5.61. The quantitative estimate of drug-likeness (QED) is 0.688. The van der Waals surface area contributed by atoms with Crippen LogP contribution in [0, 0.1) is 21.7 Å². The standard InChI is InChI=1S/C13H9ClF2N2O3/c14-8-2-1-7(6-17)12(3-8)21-13-5-9(15)11(18(19)20)4-10(13)16/h1-5H,6,17H2. The molecule has 0 radical (unpaired) electrons. The molecule has 0 heterocycles. The maximum absolute atomic E-state index is 13.8. The van der Waals surface area contributed by atoms with Crippen molar-refractivity contribution < 1.29 is 18.4 Å². The first-order chi connectivity index (χ1) is 9.92. The van der Waals surface area contributed by atoms with Gasteiger partial charge in [-0.1, -0.05) is 17.7 Å². The third kappa shape index (κ3) is 3.26. The van der Waals surface area contributed by atoms with Crippen LogP contribution in [0.15, 0.2) is 30.3 Å². The lowest BCUT2D eigenvalue weighted by Crippen LogP contribution is -2.01. The molecule has 0 spiro atoms. The summed E-state index contributed by atoms with van der Waals surface area (Å²) in [6.45, 7) is 0.101. The molecule has 2 aromatic carbocycles. The molecule has 0 aromatic heterocycles. The number of nitro benzene ring substituents is 1. The van der Waals surface area contributed by atoms with Crippen LogP contribution in [-0.4, -0.2) is 4.92 Å². The van der Waals surface area contributed by atoms with Gasteiger partial charge in [0, 0.05) is 23.2 Å². The average Bonchev–Trinajstić information content (AvgIpc) is 2.42. The van der Waals surface area contributed by atoms with Crippen LogP contribution in [0.25, 0.3) is 0 Å². The minimum Gasteiger partial charge on any atom is -0.454 e. The summed E-state index contributed by atoms with van der Waals surface area (Å²) in [5.41, 5.74) is 5.06. The van der Waals surface area contributed by atoms with E-state index in [4.69, 9.17) is 22.1 Å². The lowest BCUT2D eigenvalue weighted by atomic mass is 10.2. The van der Waals surface area contributed by atoms with Gasteiger partial charge in [0.2, 0.25) is 5.82 Å². The SMILES string of the molecule is NCc1ccc(Cl)cc1Oc1cc(F)c([N+](=O)[O-])cc1F. The largest absolute Gasteiger partial charge is 0.454 e. The smallest absolute Gasteiger partial charge is 0.307 e. The number of nitrogens with two attached hydrogens (primary N) is 1. The molecule has 0 unspecified atom stereocenters. The van der Waals surface area contributed by atoms with Gasteiger partial charge in [-0.05, 0) is 12.1 Å². The van der Waals surface area contributed by atoms with Crippen molar-refractivity contribution in [3.8, 4) is 11.5 Å². The predicted octanol–water partition coefficient (Wildman–Crippen LogP) is 3.78. The molecule has 8 heteroatoms. The minimum absolute atomic E-state index is 0.101. The Morgan fingerprint density at radius 1 is 1.19 bits per heavy atom. The van der Waals surface area contributed by atoms with Crippen molar-refractivity contribution >= 4 is 17.3 Å². The number of nitrogens with zero attached hydrogens (tertiary/aromatic N) is 1. The van der Waals surface area contributed by atoms with Gasteiger partial charge in [0.25, 0.3) is 0 Å². The Morgan fingerprint density at radius 3 is 2.52 bits per heavy atom. The van der Waals surface area contributed by atoms with E-state index in [0.29, 0.717) is 22.7 Å². The summed E-state index contributed by atoms with van der Waals surface area (Å²) < 4.78 is 32.5. The van der Waals surface area contributed by atoms with Gasteiger partial charge >= 0.3 is 5.69 Å². The molecule has 0 atom stereocenters. The number of benzene rings is 2. The zero-order chi connectivity index (χ0) is 15.6. The number of ether oxygens (including phenoxy) is 1. The maximum atomic E-state index is 13.8. The zero-order valence-corrected chi connectivity index (χ0v) is 11.2. The molecule has 0 saturated heterocycles. The maximum Gasteiger partial charge on any atom is 0.307 e. The highest BCUT2D eigenvalue weighted by Crippen LogP contribution is 2.32. The average molecular weight is 315 g/mol. The number of hydrogen-bond acceptors (Lipinski definition) is 4. The van der Waals surface area contributed by atoms with Crippen LogP contribution in [-0.2, 0) is 6.54 Å². The van der Waals surface area contributed by atoms with Crippen molar-refractivity contribution in [2.75, 3.05) is 0 Å². The van der Waals surface area contributed by atoms with Crippen LogP contribution < -0.4 is 10.5 Å². The van der Waals surface area contributed by atoms with E-state index in [2.05, 4.69) is 0 Å². The van der Waals surface area contributed by atoms with Crippen molar-refractivity contribution in [3.05, 3.63) is 62.7 Å². The van der Waals surface area contributed by atoms with E-state index in [-0.39, 0.29) is 12.3 Å². The Labute approximate surface area is 123 Å². The Hall–Kier alpha value is -2.25. The third-order valence-corrected chi connectivity index (χ3v) is 2.90. The summed E-state index contributed by atoms with van der Waals surface area (Å²) in [6.07, 6.45) is 0. The normalized spacial score (nSPS) is 10.5. The van der Waals surface area contributed by atoms with Crippen LogP contribution in [0.3, 0.4) is 0 Å². The summed E-state index contributed by atoms with van der Waals surface area (Å²) >= 11 is 5.80. The summed E-state index contributed by atoms with van der Waals surface area (Å²) in [4.78, 5) is 9.49. The second kappa shape index (κ2) is 6.02. The Kier molecular flexibility index (Phi) is 4.35. The molecule has 0 aliphatic heterocycles. The van der Waals surface area contributed by atoms with Crippen LogP contribution in [0.2, 0.25) is 5.02 Å². The van der Waals surface area contributed by atoms with Crippen LogP contribution in [0.5, 0.6) is 11.5 Å². The fourth-order valence-corrected chi connectivity index (χ4v) is 1.81. The monoisotopic (exact) mass is 314 g/mol. The van der Waals surface area contributed by atoms with E-state index >= 15 is 0 Å². The summed E-state index contributed by atoms with van der Waals surface area (Å²) in [7, 11) is 0. The predicted molar refractivity (Wildman–Crippen MR) is 72.4 cm³/mol. The summed E-state index contributed by atoms with van der Waals surface area (Å²) in [5, 5.41) is 10.8. The molecule has 2 aromatic rings. The van der Waals surface area contributed by atoms with E-state index in [1.54, 1.807) is 12.1 Å². The molecule has 0 saturated carbocycles. The Morgan fingerprint density at radius 2 is 1.90 bits per heavy atom. The number of nitro groups is 1. The van der Waals surface area contributed by atoms with Crippen molar-refractivity contribution in [2.45, 2.75) is 6.54 Å². The van der Waals surface area contributed by atoms with E-state index < -0.39 is 28.0 Å². The Balaban J connectivity index is 2.43. The van der Waals surface area contributed by atoms with Gasteiger partial charge in [0.1, 0.15) is 5.75 Å². The lowest BCUT2D eigenvalue weighted by molar-refractivity contribution is -0.387. The molecule has 21 heavy (non-hydrogen) atoms. The number of halogens is 3. The molecule has 0 aliphatic rings. The van der Waals surface area contributed by atoms with Crippen LogP contribution >= 0.6 is 11.6 Å². The van der Waals surface area contributed by atoms with Crippen molar-refractivity contribution in [3.63, 3.8) is 0 Å². The minimum atomic E-state index is -1.20. The first-order valence-electron chi connectivity index (χ1n) is 5.72. The van der Waals surface area contributed by atoms with E-state index in [1.807, 2.05) is 0 Å². The number of hydrogen-bond donors (Lipinski definition) is 1. The summed E-state index contributed by atoms with van der Waals surface area (Å²) in [5.74, 6) is -2.61.